The van der Waals surface area contributed by atoms with Crippen LogP contribution in [0.5, 0.6) is 0 Å². The van der Waals surface area contributed by atoms with E-state index in [9.17, 15) is 4.79 Å². The molecule has 2 N–H and O–H groups in total. The Balaban J connectivity index is 1.41. The number of H-pyrrole nitrogens is 1. The number of nitrogens with one attached hydrogen (secondary N) is 2. The van der Waals surface area contributed by atoms with Crippen LogP contribution < -0.4 is 5.32 Å². The average molecular weight is 377 g/mol. The van der Waals surface area contributed by atoms with E-state index in [0.29, 0.717) is 5.69 Å². The number of nitrogens with zero attached hydrogens (tertiary/aromatic N) is 2. The Bertz CT molecular complexity index is 700. The summed E-state index contributed by atoms with van der Waals surface area (Å²) in [7, 11) is 0. The van der Waals surface area contributed by atoms with Gasteiger partial charge in [-0.05, 0) is 30.4 Å². The van der Waals surface area contributed by atoms with Crippen molar-refractivity contribution in [2.75, 3.05) is 31.1 Å². The summed E-state index contributed by atoms with van der Waals surface area (Å²) in [5.41, 5.74) is 1.54. The van der Waals surface area contributed by atoms with E-state index in [1.165, 1.54) is 37.2 Å². The second kappa shape index (κ2) is 7.51. The largest absolute Gasteiger partial charge is 0.349 e. The van der Waals surface area contributed by atoms with Crippen LogP contribution in [0.4, 0.5) is 0 Å². The molecule has 2 aliphatic rings. The molecule has 1 saturated heterocycles. The molecule has 25 heavy (non-hydrogen) atoms. The molecule has 0 aromatic carbocycles. The Hall–Kier alpha value is -1.31. The Labute approximate surface area is 156 Å². The van der Waals surface area contributed by atoms with Crippen molar-refractivity contribution >= 4 is 29.0 Å². The minimum absolute atomic E-state index is 0.0725. The summed E-state index contributed by atoms with van der Waals surface area (Å²) in [5.74, 6) is 2.34. The van der Waals surface area contributed by atoms with Gasteiger partial charge in [0.2, 0.25) is 0 Å². The molecule has 0 spiro atoms. The number of thiophene rings is 1. The van der Waals surface area contributed by atoms with Gasteiger partial charge in [0.1, 0.15) is 0 Å². The summed E-state index contributed by atoms with van der Waals surface area (Å²) < 4.78 is 0. The van der Waals surface area contributed by atoms with Crippen LogP contribution in [-0.2, 0) is 0 Å². The first-order valence-electron chi connectivity index (χ1n) is 8.97. The van der Waals surface area contributed by atoms with Crippen LogP contribution >= 0.6 is 23.1 Å². The second-order valence-corrected chi connectivity index (χ2v) is 9.03. The van der Waals surface area contributed by atoms with Crippen molar-refractivity contribution in [3.05, 3.63) is 29.3 Å². The zero-order chi connectivity index (χ0) is 17.1. The van der Waals surface area contributed by atoms with Gasteiger partial charge in [0.25, 0.3) is 5.91 Å². The Morgan fingerprint density at radius 1 is 1.32 bits per heavy atom. The first-order valence-corrected chi connectivity index (χ1v) is 11.0. The lowest BCUT2D eigenvalue weighted by Crippen LogP contribution is -2.56. The van der Waals surface area contributed by atoms with Crippen LogP contribution in [0.1, 0.15) is 36.2 Å². The number of carbonyl (C=O) groups excluding carboxylic acids is 1. The normalized spacial score (nSPS) is 20.6. The molecule has 2 aromatic heterocycles. The number of aromatic nitrogens is 2. The molecule has 2 aromatic rings. The molecule has 1 amide bonds. The average Bonchev–Trinajstić information content (AvgIpc) is 3.42. The molecule has 1 saturated carbocycles. The third-order valence-corrected chi connectivity index (χ3v) is 7.24. The van der Waals surface area contributed by atoms with Gasteiger partial charge in [0.05, 0.1) is 10.6 Å². The van der Waals surface area contributed by atoms with E-state index in [2.05, 4.69) is 20.4 Å². The smallest absolute Gasteiger partial charge is 0.271 e. The predicted octanol–water partition coefficient (Wildman–Crippen LogP) is 3.23. The fraction of sp³-hybridized carbons (Fsp3) is 0.556. The van der Waals surface area contributed by atoms with Crippen molar-refractivity contribution in [3.63, 3.8) is 0 Å². The van der Waals surface area contributed by atoms with E-state index in [4.69, 9.17) is 0 Å². The van der Waals surface area contributed by atoms with Gasteiger partial charge in [-0.25, -0.2) is 0 Å². The highest BCUT2D eigenvalue weighted by atomic mass is 32.2. The lowest BCUT2D eigenvalue weighted by molar-refractivity contribution is 0.0813. The molecule has 0 radical (unpaired) electrons. The fourth-order valence-corrected chi connectivity index (χ4v) is 5.60. The summed E-state index contributed by atoms with van der Waals surface area (Å²) in [6.07, 6.45) is 4.92. The molecule has 4 rings (SSSR count). The van der Waals surface area contributed by atoms with E-state index >= 15 is 0 Å². The molecule has 134 valence electrons. The van der Waals surface area contributed by atoms with Gasteiger partial charge in [-0.1, -0.05) is 18.9 Å². The maximum Gasteiger partial charge on any atom is 0.271 e. The van der Waals surface area contributed by atoms with Gasteiger partial charge in [0.15, 0.2) is 5.69 Å². The van der Waals surface area contributed by atoms with Crippen LogP contribution in [-0.4, -0.2) is 57.7 Å². The lowest BCUT2D eigenvalue weighted by Gasteiger charge is -2.43. The van der Waals surface area contributed by atoms with Gasteiger partial charge in [-0.15, -0.1) is 11.3 Å². The molecule has 1 aliphatic carbocycles. The molecule has 0 bridgehead atoms. The number of carbonyl (C=O) groups is 1. The van der Waals surface area contributed by atoms with E-state index in [1.807, 2.05) is 35.3 Å². The molecular weight excluding hydrogens is 352 g/mol. The van der Waals surface area contributed by atoms with Gasteiger partial charge in [-0.3, -0.25) is 14.8 Å². The molecular formula is C18H24N4OS2. The van der Waals surface area contributed by atoms with E-state index in [0.717, 1.165) is 30.2 Å². The van der Waals surface area contributed by atoms with Crippen molar-refractivity contribution in [1.82, 2.24) is 20.4 Å². The molecule has 7 heteroatoms. The van der Waals surface area contributed by atoms with Gasteiger partial charge >= 0.3 is 0 Å². The molecule has 3 heterocycles. The van der Waals surface area contributed by atoms with Crippen LogP contribution in [0.25, 0.3) is 10.6 Å². The van der Waals surface area contributed by atoms with Crippen molar-refractivity contribution in [1.29, 1.82) is 0 Å². The van der Waals surface area contributed by atoms with Crippen molar-refractivity contribution < 1.29 is 4.79 Å². The van der Waals surface area contributed by atoms with Crippen molar-refractivity contribution in [2.45, 2.75) is 31.2 Å². The highest BCUT2D eigenvalue weighted by molar-refractivity contribution is 7.99. The van der Waals surface area contributed by atoms with Crippen molar-refractivity contribution in [3.8, 4) is 10.6 Å². The van der Waals surface area contributed by atoms with E-state index in [-0.39, 0.29) is 11.4 Å². The third-order valence-electron chi connectivity index (χ3n) is 5.39. The predicted molar refractivity (Wildman–Crippen MR) is 104 cm³/mol. The minimum Gasteiger partial charge on any atom is -0.349 e. The fourth-order valence-electron chi connectivity index (χ4n) is 4.01. The molecule has 2 fully saturated rings. The number of hydrogen-bond donors (Lipinski definition) is 2. The third kappa shape index (κ3) is 3.64. The first kappa shape index (κ1) is 17.1. The summed E-state index contributed by atoms with van der Waals surface area (Å²) in [6, 6.07) is 5.88. The Morgan fingerprint density at radius 3 is 2.84 bits per heavy atom. The Morgan fingerprint density at radius 2 is 2.12 bits per heavy atom. The van der Waals surface area contributed by atoms with Gasteiger partial charge < -0.3 is 5.32 Å². The number of thioether (sulfide) groups is 1. The van der Waals surface area contributed by atoms with Crippen LogP contribution in [0.3, 0.4) is 0 Å². The topological polar surface area (TPSA) is 61.0 Å². The van der Waals surface area contributed by atoms with Crippen LogP contribution in [0.15, 0.2) is 23.6 Å². The lowest BCUT2D eigenvalue weighted by atomic mass is 9.94. The maximum atomic E-state index is 12.6. The highest BCUT2D eigenvalue weighted by Gasteiger charge is 2.40. The number of amides is 1. The zero-order valence-electron chi connectivity index (χ0n) is 14.3. The van der Waals surface area contributed by atoms with E-state index in [1.54, 1.807) is 11.3 Å². The van der Waals surface area contributed by atoms with E-state index < -0.39 is 0 Å². The van der Waals surface area contributed by atoms with Crippen molar-refractivity contribution in [2.24, 2.45) is 0 Å². The highest BCUT2D eigenvalue weighted by Crippen LogP contribution is 2.36. The summed E-state index contributed by atoms with van der Waals surface area (Å²) in [4.78, 5) is 16.3. The first-order chi connectivity index (χ1) is 12.3. The molecule has 0 atom stereocenters. The second-order valence-electron chi connectivity index (χ2n) is 6.86. The number of aromatic amines is 1. The molecule has 0 unspecified atom stereocenters. The minimum atomic E-state index is -0.0725. The number of rotatable bonds is 5. The van der Waals surface area contributed by atoms with Crippen LogP contribution in [0.2, 0.25) is 0 Å². The summed E-state index contributed by atoms with van der Waals surface area (Å²) >= 11 is 3.68. The summed E-state index contributed by atoms with van der Waals surface area (Å²) in [6.45, 7) is 3.02. The van der Waals surface area contributed by atoms with Crippen LogP contribution in [0, 0.1) is 0 Å². The van der Waals surface area contributed by atoms with Gasteiger partial charge in [0, 0.05) is 36.7 Å². The molecule has 1 aliphatic heterocycles. The molecule has 5 nitrogen and oxygen atoms in total. The Kier molecular flexibility index (Phi) is 5.15. The van der Waals surface area contributed by atoms with Gasteiger partial charge in [-0.2, -0.15) is 16.9 Å². The number of hydrogen-bond acceptors (Lipinski definition) is 5. The zero-order valence-corrected chi connectivity index (χ0v) is 15.9. The monoisotopic (exact) mass is 376 g/mol. The SMILES string of the molecule is O=C(NCC1(N2CCSCC2)CCCC1)c1cc(-c2cccs2)[nH]n1. The standard InChI is InChI=1S/C18H24N4OS2/c23-17(15-12-14(20-21-15)16-4-3-9-25-16)19-13-18(5-1-2-6-18)22-7-10-24-11-8-22/h3-4,9,12H,1-2,5-8,10-11,13H2,(H,19,23)(H,20,21). The summed E-state index contributed by atoms with van der Waals surface area (Å²) in [5, 5.41) is 12.4. The maximum absolute atomic E-state index is 12.6. The quantitative estimate of drug-likeness (QED) is 0.841.